The number of rotatable bonds is 6. The Bertz CT molecular complexity index is 326. The van der Waals surface area contributed by atoms with Crippen molar-refractivity contribution in [3.05, 3.63) is 34.9 Å². The van der Waals surface area contributed by atoms with Gasteiger partial charge < -0.3 is 5.32 Å². The smallest absolute Gasteiger partial charge is 0.220 e. The lowest BCUT2D eigenvalue weighted by Gasteiger charge is -2.05. The zero-order valence-corrected chi connectivity index (χ0v) is 11.4. The Morgan fingerprint density at radius 1 is 1.25 bits per heavy atom. The topological polar surface area (TPSA) is 29.1 Å². The van der Waals surface area contributed by atoms with Crippen molar-refractivity contribution in [1.29, 1.82) is 0 Å². The Hall–Kier alpha value is -0.540. The summed E-state index contributed by atoms with van der Waals surface area (Å²) in [5.41, 5.74) is 1.07. The molecule has 1 aromatic carbocycles. The third kappa shape index (κ3) is 5.52. The van der Waals surface area contributed by atoms with Crippen LogP contribution in [0.1, 0.15) is 24.8 Å². The zero-order valence-electron chi connectivity index (χ0n) is 9.01. The van der Waals surface area contributed by atoms with Crippen LogP contribution in [0.4, 0.5) is 0 Å². The van der Waals surface area contributed by atoms with Crippen LogP contribution in [0.2, 0.25) is 5.02 Å². The van der Waals surface area contributed by atoms with Gasteiger partial charge in [-0.05, 0) is 30.5 Å². The molecule has 0 heterocycles. The van der Waals surface area contributed by atoms with Gasteiger partial charge in [-0.25, -0.2) is 0 Å². The minimum absolute atomic E-state index is 0.107. The van der Waals surface area contributed by atoms with Gasteiger partial charge in [0.25, 0.3) is 0 Å². The number of halogens is 2. The number of nitrogens with one attached hydrogen (secondary N) is 1. The molecule has 2 nitrogen and oxygen atoms in total. The van der Waals surface area contributed by atoms with Gasteiger partial charge in [-0.3, -0.25) is 4.79 Å². The van der Waals surface area contributed by atoms with E-state index >= 15 is 0 Å². The Balaban J connectivity index is 2.23. The number of carbonyl (C=O) groups is 1. The monoisotopic (exact) mass is 303 g/mol. The van der Waals surface area contributed by atoms with E-state index in [-0.39, 0.29) is 5.91 Å². The Morgan fingerprint density at radius 3 is 2.56 bits per heavy atom. The van der Waals surface area contributed by atoms with E-state index in [1.54, 1.807) is 0 Å². The first-order valence-electron chi connectivity index (χ1n) is 5.29. The van der Waals surface area contributed by atoms with E-state index in [0.717, 1.165) is 23.7 Å². The van der Waals surface area contributed by atoms with Crippen molar-refractivity contribution in [2.45, 2.75) is 25.8 Å². The fourth-order valence-electron chi connectivity index (χ4n) is 1.27. The van der Waals surface area contributed by atoms with Crippen LogP contribution in [0.25, 0.3) is 0 Å². The molecular weight excluding hydrogens is 289 g/mol. The fourth-order valence-corrected chi connectivity index (χ4v) is 1.79. The summed E-state index contributed by atoms with van der Waals surface area (Å²) in [7, 11) is 0. The molecule has 16 heavy (non-hydrogen) atoms. The predicted octanol–water partition coefficient (Wildman–Crippen LogP) is 3.52. The Morgan fingerprint density at radius 2 is 1.94 bits per heavy atom. The maximum Gasteiger partial charge on any atom is 0.220 e. The number of hydrogen-bond donors (Lipinski definition) is 1. The number of hydrogen-bond acceptors (Lipinski definition) is 1. The van der Waals surface area contributed by atoms with Crippen molar-refractivity contribution in [1.82, 2.24) is 5.32 Å². The number of unbranched alkanes of at least 4 members (excludes halogenated alkanes) is 1. The van der Waals surface area contributed by atoms with E-state index in [0.29, 0.717) is 18.0 Å². The Kier molecular flexibility index (Phi) is 6.50. The molecule has 0 spiro atoms. The maximum absolute atomic E-state index is 11.4. The van der Waals surface area contributed by atoms with E-state index in [1.807, 2.05) is 24.3 Å². The molecule has 1 amide bonds. The summed E-state index contributed by atoms with van der Waals surface area (Å²) < 4.78 is 0. The van der Waals surface area contributed by atoms with Gasteiger partial charge in [0.2, 0.25) is 5.91 Å². The molecule has 0 bridgehead atoms. The summed E-state index contributed by atoms with van der Waals surface area (Å²) in [6, 6.07) is 7.49. The third-order valence-electron chi connectivity index (χ3n) is 2.19. The summed E-state index contributed by atoms with van der Waals surface area (Å²) >= 11 is 9.10. The molecule has 0 radical (unpaired) electrons. The average Bonchev–Trinajstić information content (AvgIpc) is 2.29. The molecule has 0 saturated carbocycles. The van der Waals surface area contributed by atoms with Crippen molar-refractivity contribution in [2.75, 3.05) is 5.33 Å². The van der Waals surface area contributed by atoms with Gasteiger partial charge in [0.15, 0.2) is 0 Å². The molecule has 1 rings (SSSR count). The lowest BCUT2D eigenvalue weighted by Crippen LogP contribution is -2.22. The molecule has 0 aliphatic rings. The number of carbonyl (C=O) groups excluding carboxylic acids is 1. The van der Waals surface area contributed by atoms with E-state index in [2.05, 4.69) is 21.2 Å². The summed E-state index contributed by atoms with van der Waals surface area (Å²) in [4.78, 5) is 11.4. The fraction of sp³-hybridized carbons (Fsp3) is 0.417. The molecule has 0 fully saturated rings. The highest BCUT2D eigenvalue weighted by molar-refractivity contribution is 9.09. The standard InChI is InChI=1S/C12H15BrClNO/c13-8-2-1-3-12(16)15-9-10-4-6-11(14)7-5-10/h4-7H,1-3,8-9H2,(H,15,16). The van der Waals surface area contributed by atoms with Gasteiger partial charge in [-0.1, -0.05) is 39.7 Å². The largest absolute Gasteiger partial charge is 0.352 e. The highest BCUT2D eigenvalue weighted by atomic mass is 79.9. The van der Waals surface area contributed by atoms with Gasteiger partial charge in [-0.2, -0.15) is 0 Å². The second-order valence-electron chi connectivity index (χ2n) is 3.55. The van der Waals surface area contributed by atoms with Gasteiger partial charge in [0, 0.05) is 23.3 Å². The van der Waals surface area contributed by atoms with E-state index in [4.69, 9.17) is 11.6 Å². The van der Waals surface area contributed by atoms with Crippen molar-refractivity contribution < 1.29 is 4.79 Å². The molecule has 1 aromatic rings. The quantitative estimate of drug-likeness (QED) is 0.632. The van der Waals surface area contributed by atoms with Crippen LogP contribution in [0.5, 0.6) is 0 Å². The summed E-state index contributed by atoms with van der Waals surface area (Å²) in [6.45, 7) is 0.574. The van der Waals surface area contributed by atoms with E-state index < -0.39 is 0 Å². The number of alkyl halides is 1. The zero-order chi connectivity index (χ0) is 11.8. The van der Waals surface area contributed by atoms with Crippen molar-refractivity contribution in [2.24, 2.45) is 0 Å². The van der Waals surface area contributed by atoms with Crippen LogP contribution in [0.15, 0.2) is 24.3 Å². The maximum atomic E-state index is 11.4. The van der Waals surface area contributed by atoms with Crippen LogP contribution in [-0.2, 0) is 11.3 Å². The summed E-state index contributed by atoms with van der Waals surface area (Å²) in [5.74, 6) is 0.107. The molecule has 0 aromatic heterocycles. The van der Waals surface area contributed by atoms with Crippen LogP contribution < -0.4 is 5.32 Å². The highest BCUT2D eigenvalue weighted by Crippen LogP contribution is 2.09. The third-order valence-corrected chi connectivity index (χ3v) is 3.00. The lowest BCUT2D eigenvalue weighted by atomic mass is 10.2. The minimum atomic E-state index is 0.107. The lowest BCUT2D eigenvalue weighted by molar-refractivity contribution is -0.121. The van der Waals surface area contributed by atoms with Gasteiger partial charge in [0.05, 0.1) is 0 Å². The van der Waals surface area contributed by atoms with Crippen LogP contribution in [0, 0.1) is 0 Å². The van der Waals surface area contributed by atoms with Gasteiger partial charge in [-0.15, -0.1) is 0 Å². The predicted molar refractivity (Wildman–Crippen MR) is 70.9 cm³/mol. The van der Waals surface area contributed by atoms with Crippen molar-refractivity contribution in [3.63, 3.8) is 0 Å². The number of benzene rings is 1. The molecule has 4 heteroatoms. The molecule has 0 saturated heterocycles. The second-order valence-corrected chi connectivity index (χ2v) is 4.78. The number of amides is 1. The Labute approximate surface area is 110 Å². The van der Waals surface area contributed by atoms with E-state index in [1.165, 1.54) is 0 Å². The van der Waals surface area contributed by atoms with Crippen molar-refractivity contribution in [3.8, 4) is 0 Å². The van der Waals surface area contributed by atoms with E-state index in [9.17, 15) is 4.79 Å². The summed E-state index contributed by atoms with van der Waals surface area (Å²) in [5, 5.41) is 4.55. The molecule has 0 aliphatic carbocycles. The normalized spacial score (nSPS) is 10.1. The molecule has 88 valence electrons. The molecule has 1 N–H and O–H groups in total. The van der Waals surface area contributed by atoms with Crippen LogP contribution in [0.3, 0.4) is 0 Å². The van der Waals surface area contributed by atoms with Crippen LogP contribution in [-0.4, -0.2) is 11.2 Å². The summed E-state index contributed by atoms with van der Waals surface area (Å²) in [6.07, 6.45) is 2.56. The van der Waals surface area contributed by atoms with Crippen LogP contribution >= 0.6 is 27.5 Å². The average molecular weight is 305 g/mol. The molecule has 0 aliphatic heterocycles. The first-order chi connectivity index (χ1) is 7.72. The first-order valence-corrected chi connectivity index (χ1v) is 6.79. The SMILES string of the molecule is O=C(CCCCBr)NCc1ccc(Cl)cc1. The van der Waals surface area contributed by atoms with Gasteiger partial charge in [0.1, 0.15) is 0 Å². The van der Waals surface area contributed by atoms with Crippen molar-refractivity contribution >= 4 is 33.4 Å². The molecule has 0 atom stereocenters. The second kappa shape index (κ2) is 7.69. The molecular formula is C12H15BrClNO. The molecule has 0 unspecified atom stereocenters. The minimum Gasteiger partial charge on any atom is -0.352 e. The van der Waals surface area contributed by atoms with Gasteiger partial charge >= 0.3 is 0 Å². The highest BCUT2D eigenvalue weighted by Gasteiger charge is 2.00. The first kappa shape index (κ1) is 13.5.